The predicted molar refractivity (Wildman–Crippen MR) is 124 cm³/mol. The summed E-state index contributed by atoms with van der Waals surface area (Å²) in [6, 6.07) is 14.4. The van der Waals surface area contributed by atoms with E-state index in [0.717, 1.165) is 11.8 Å². The molecule has 9 heteroatoms. The zero-order chi connectivity index (χ0) is 22.8. The lowest BCUT2D eigenvalue weighted by Crippen LogP contribution is -2.27. The van der Waals surface area contributed by atoms with Crippen LogP contribution in [0.3, 0.4) is 0 Å². The number of thioether (sulfide) groups is 1. The second kappa shape index (κ2) is 8.96. The van der Waals surface area contributed by atoms with Crippen molar-refractivity contribution in [3.63, 3.8) is 0 Å². The molecule has 1 amide bonds. The lowest BCUT2D eigenvalue weighted by Gasteiger charge is -2.17. The summed E-state index contributed by atoms with van der Waals surface area (Å²) in [6.45, 7) is 5.69. The molecule has 2 heterocycles. The Labute approximate surface area is 188 Å². The van der Waals surface area contributed by atoms with E-state index in [1.54, 1.807) is 48.1 Å². The summed E-state index contributed by atoms with van der Waals surface area (Å²) in [4.78, 5) is 30.8. The van der Waals surface area contributed by atoms with Crippen LogP contribution in [0.25, 0.3) is 16.6 Å². The maximum absolute atomic E-state index is 13.5. The highest BCUT2D eigenvalue weighted by Gasteiger charge is 2.21. The van der Waals surface area contributed by atoms with Crippen LogP contribution in [0.4, 0.5) is 10.2 Å². The minimum Gasteiger partial charge on any atom is -0.310 e. The minimum absolute atomic E-state index is 0.0917. The number of hydrogen-bond donors (Lipinski definition) is 1. The molecular formula is C23H22FN5O2S. The molecule has 0 bridgehead atoms. The Bertz CT molecular complexity index is 1330. The van der Waals surface area contributed by atoms with Gasteiger partial charge < -0.3 is 5.32 Å². The molecule has 1 N–H and O–H groups in total. The first-order valence-electron chi connectivity index (χ1n) is 10.1. The van der Waals surface area contributed by atoms with Crippen molar-refractivity contribution in [1.29, 1.82) is 0 Å². The number of para-hydroxylation sites is 1. The van der Waals surface area contributed by atoms with Crippen LogP contribution in [0, 0.1) is 5.82 Å². The summed E-state index contributed by atoms with van der Waals surface area (Å²) in [7, 11) is 0. The SMILES string of the molecule is CC(Sc1nc2ccccc2c(=O)n1-c1ccc(F)cc1)C(=O)Nc1ccnn1C(C)C. The molecule has 0 aliphatic heterocycles. The van der Waals surface area contributed by atoms with Crippen LogP contribution in [-0.2, 0) is 4.79 Å². The number of benzene rings is 2. The van der Waals surface area contributed by atoms with E-state index in [0.29, 0.717) is 27.6 Å². The van der Waals surface area contributed by atoms with Crippen LogP contribution >= 0.6 is 11.8 Å². The van der Waals surface area contributed by atoms with Crippen LogP contribution in [0.5, 0.6) is 0 Å². The monoisotopic (exact) mass is 451 g/mol. The number of aromatic nitrogens is 4. The largest absolute Gasteiger partial charge is 0.310 e. The number of anilines is 1. The van der Waals surface area contributed by atoms with Gasteiger partial charge in [0.25, 0.3) is 5.56 Å². The van der Waals surface area contributed by atoms with Crippen molar-refractivity contribution >= 4 is 34.4 Å². The molecule has 32 heavy (non-hydrogen) atoms. The molecule has 0 saturated heterocycles. The molecule has 0 saturated carbocycles. The maximum atomic E-state index is 13.5. The van der Waals surface area contributed by atoms with E-state index in [1.165, 1.54) is 28.8 Å². The zero-order valence-corrected chi connectivity index (χ0v) is 18.6. The van der Waals surface area contributed by atoms with Gasteiger partial charge >= 0.3 is 0 Å². The first-order valence-corrected chi connectivity index (χ1v) is 11.0. The molecule has 0 radical (unpaired) electrons. The molecule has 0 spiro atoms. The van der Waals surface area contributed by atoms with E-state index < -0.39 is 11.1 Å². The molecule has 2 aromatic heterocycles. The fourth-order valence-electron chi connectivity index (χ4n) is 3.27. The number of carbonyl (C=O) groups excluding carboxylic acids is 1. The fourth-order valence-corrected chi connectivity index (χ4v) is 4.20. The summed E-state index contributed by atoms with van der Waals surface area (Å²) in [6.07, 6.45) is 1.63. The Hall–Kier alpha value is -3.46. The Morgan fingerprint density at radius 1 is 1.06 bits per heavy atom. The van der Waals surface area contributed by atoms with E-state index in [1.807, 2.05) is 13.8 Å². The summed E-state index contributed by atoms with van der Waals surface area (Å²) < 4.78 is 16.6. The standard InChI is InChI=1S/C23H22FN5O2S/c1-14(2)29-20(12-13-25-29)27-21(30)15(3)32-23-26-19-7-5-4-6-18(19)22(31)28(23)17-10-8-16(24)9-11-17/h4-15H,1-3H3,(H,27,30). The molecule has 1 unspecified atom stereocenters. The van der Waals surface area contributed by atoms with Gasteiger partial charge in [-0.1, -0.05) is 23.9 Å². The van der Waals surface area contributed by atoms with Crippen molar-refractivity contribution in [3.8, 4) is 5.69 Å². The summed E-state index contributed by atoms with van der Waals surface area (Å²) in [5, 5.41) is 7.34. The molecule has 4 rings (SSSR count). The first kappa shape index (κ1) is 21.8. The second-order valence-corrected chi connectivity index (χ2v) is 8.84. The third kappa shape index (κ3) is 4.29. The number of carbonyl (C=O) groups is 1. The number of nitrogens with zero attached hydrogens (tertiary/aromatic N) is 4. The number of fused-ring (bicyclic) bond motifs is 1. The van der Waals surface area contributed by atoms with Crippen molar-refractivity contribution < 1.29 is 9.18 Å². The first-order chi connectivity index (χ1) is 15.3. The third-order valence-corrected chi connectivity index (χ3v) is 5.94. The van der Waals surface area contributed by atoms with E-state index in [9.17, 15) is 14.0 Å². The quantitative estimate of drug-likeness (QED) is 0.347. The highest BCUT2D eigenvalue weighted by molar-refractivity contribution is 8.00. The number of halogens is 1. The van der Waals surface area contributed by atoms with Gasteiger partial charge in [-0.15, -0.1) is 0 Å². The lowest BCUT2D eigenvalue weighted by atomic mass is 10.2. The molecule has 7 nitrogen and oxygen atoms in total. The Kier molecular flexibility index (Phi) is 6.09. The van der Waals surface area contributed by atoms with Gasteiger partial charge in [0, 0.05) is 12.1 Å². The average Bonchev–Trinajstić information content (AvgIpc) is 3.23. The minimum atomic E-state index is -0.565. The van der Waals surface area contributed by atoms with Crippen LogP contribution in [0.1, 0.15) is 26.8 Å². The van der Waals surface area contributed by atoms with Gasteiger partial charge in [-0.2, -0.15) is 5.10 Å². The highest BCUT2D eigenvalue weighted by atomic mass is 32.2. The van der Waals surface area contributed by atoms with Crippen molar-refractivity contribution in [2.75, 3.05) is 5.32 Å². The van der Waals surface area contributed by atoms with E-state index in [2.05, 4.69) is 15.4 Å². The van der Waals surface area contributed by atoms with Gasteiger partial charge in [0.2, 0.25) is 5.91 Å². The van der Waals surface area contributed by atoms with Crippen molar-refractivity contribution in [2.24, 2.45) is 0 Å². The van der Waals surface area contributed by atoms with E-state index >= 15 is 0 Å². The van der Waals surface area contributed by atoms with Crippen LogP contribution < -0.4 is 10.9 Å². The van der Waals surface area contributed by atoms with E-state index in [-0.39, 0.29) is 17.5 Å². The topological polar surface area (TPSA) is 81.8 Å². The normalized spacial score (nSPS) is 12.3. The smallest absolute Gasteiger partial charge is 0.266 e. The van der Waals surface area contributed by atoms with Crippen LogP contribution in [0.2, 0.25) is 0 Å². The molecule has 164 valence electrons. The van der Waals surface area contributed by atoms with Crippen molar-refractivity contribution in [2.45, 2.75) is 37.2 Å². The molecule has 0 aliphatic rings. The molecule has 0 fully saturated rings. The Morgan fingerprint density at radius 2 is 1.78 bits per heavy atom. The number of nitrogens with one attached hydrogen (secondary N) is 1. The highest BCUT2D eigenvalue weighted by Crippen LogP contribution is 2.26. The van der Waals surface area contributed by atoms with Gasteiger partial charge in [0.05, 0.1) is 28.0 Å². The zero-order valence-electron chi connectivity index (χ0n) is 17.8. The third-order valence-electron chi connectivity index (χ3n) is 4.89. The number of rotatable bonds is 6. The molecule has 0 aliphatic carbocycles. The van der Waals surface area contributed by atoms with Gasteiger partial charge in [0.1, 0.15) is 11.6 Å². The average molecular weight is 452 g/mol. The number of amides is 1. The summed E-state index contributed by atoms with van der Waals surface area (Å²) >= 11 is 1.16. The fraction of sp³-hybridized carbons (Fsp3) is 0.217. The maximum Gasteiger partial charge on any atom is 0.266 e. The van der Waals surface area contributed by atoms with E-state index in [4.69, 9.17) is 0 Å². The van der Waals surface area contributed by atoms with Crippen molar-refractivity contribution in [3.05, 3.63) is 77.0 Å². The van der Waals surface area contributed by atoms with Gasteiger partial charge in [0.15, 0.2) is 5.16 Å². The predicted octanol–water partition coefficient (Wildman–Crippen LogP) is 4.42. The molecule has 4 aromatic rings. The second-order valence-electron chi connectivity index (χ2n) is 7.53. The van der Waals surface area contributed by atoms with Gasteiger partial charge in [-0.05, 0) is 57.2 Å². The molecular weight excluding hydrogens is 429 g/mol. The van der Waals surface area contributed by atoms with Gasteiger partial charge in [-0.25, -0.2) is 14.1 Å². The van der Waals surface area contributed by atoms with Gasteiger partial charge in [-0.3, -0.25) is 14.2 Å². The summed E-state index contributed by atoms with van der Waals surface area (Å²) in [5.74, 6) is -0.0513. The Balaban J connectivity index is 1.70. The van der Waals surface area contributed by atoms with Crippen LogP contribution in [0.15, 0.2) is 70.7 Å². The van der Waals surface area contributed by atoms with Crippen molar-refractivity contribution in [1.82, 2.24) is 19.3 Å². The number of hydrogen-bond acceptors (Lipinski definition) is 5. The molecule has 1 atom stereocenters. The summed E-state index contributed by atoms with van der Waals surface area (Å²) in [5.41, 5.74) is 0.724. The molecule has 2 aromatic carbocycles. The lowest BCUT2D eigenvalue weighted by molar-refractivity contribution is -0.115. The van der Waals surface area contributed by atoms with Crippen LogP contribution in [-0.4, -0.2) is 30.5 Å². The Morgan fingerprint density at radius 3 is 2.50 bits per heavy atom.